The molecule has 0 saturated heterocycles. The summed E-state index contributed by atoms with van der Waals surface area (Å²) in [6, 6.07) is 8.25. The molecule has 112 valence electrons. The molecule has 3 nitrogen and oxygen atoms in total. The van der Waals surface area contributed by atoms with Crippen LogP contribution in [0.3, 0.4) is 0 Å². The molecule has 1 N–H and O–H groups in total. The van der Waals surface area contributed by atoms with Gasteiger partial charge < -0.3 is 14.8 Å². The smallest absolute Gasteiger partial charge is 0.135 e. The number of benzene rings is 1. The summed E-state index contributed by atoms with van der Waals surface area (Å²) < 4.78 is 13.1. The van der Waals surface area contributed by atoms with E-state index in [1.54, 1.807) is 18.4 Å². The van der Waals surface area contributed by atoms with Gasteiger partial charge in [-0.05, 0) is 35.1 Å². The third-order valence-corrected chi connectivity index (χ3v) is 6.21. The fourth-order valence-electron chi connectivity index (χ4n) is 2.54. The van der Waals surface area contributed by atoms with E-state index in [4.69, 9.17) is 21.1 Å². The molecule has 3 rings (SSSR count). The van der Waals surface area contributed by atoms with Crippen LogP contribution in [0.1, 0.15) is 29.0 Å². The van der Waals surface area contributed by atoms with Crippen LogP contribution >= 0.6 is 38.9 Å². The third kappa shape index (κ3) is 2.93. The lowest BCUT2D eigenvalue weighted by molar-refractivity contribution is 0.156. The van der Waals surface area contributed by atoms with E-state index in [1.165, 1.54) is 0 Å². The molecule has 1 aromatic carbocycles. The molecule has 1 aliphatic heterocycles. The topological polar surface area (TPSA) is 30.5 Å². The van der Waals surface area contributed by atoms with Gasteiger partial charge in [0.15, 0.2) is 0 Å². The summed E-state index contributed by atoms with van der Waals surface area (Å²) in [5.74, 6) is 1.67. The van der Waals surface area contributed by atoms with Crippen molar-refractivity contribution < 1.29 is 9.47 Å². The fraction of sp³-hybridized carbons (Fsp3) is 0.333. The van der Waals surface area contributed by atoms with Crippen LogP contribution in [-0.2, 0) is 0 Å². The first-order chi connectivity index (χ1) is 10.1. The van der Waals surface area contributed by atoms with E-state index in [0.717, 1.165) is 37.2 Å². The molecule has 6 heteroatoms. The highest BCUT2D eigenvalue weighted by molar-refractivity contribution is 9.10. The van der Waals surface area contributed by atoms with Gasteiger partial charge in [-0.1, -0.05) is 17.7 Å². The number of hydrogen-bond acceptors (Lipinski definition) is 4. The highest BCUT2D eigenvalue weighted by Gasteiger charge is 2.30. The molecule has 0 aliphatic carbocycles. The lowest BCUT2D eigenvalue weighted by atomic mass is 9.96. The van der Waals surface area contributed by atoms with E-state index in [0.29, 0.717) is 0 Å². The number of thiophene rings is 1. The molecule has 0 fully saturated rings. The molecule has 2 atom stereocenters. The van der Waals surface area contributed by atoms with Crippen molar-refractivity contribution in [2.24, 2.45) is 0 Å². The van der Waals surface area contributed by atoms with E-state index in [-0.39, 0.29) is 12.1 Å². The lowest BCUT2D eigenvalue weighted by Gasteiger charge is -2.31. The van der Waals surface area contributed by atoms with Gasteiger partial charge in [-0.3, -0.25) is 0 Å². The van der Waals surface area contributed by atoms with Crippen LogP contribution in [0.4, 0.5) is 0 Å². The van der Waals surface area contributed by atoms with Crippen molar-refractivity contribution >= 4 is 38.9 Å². The number of nitrogens with one attached hydrogen (secondary N) is 1. The Bertz CT molecular complexity index is 642. The van der Waals surface area contributed by atoms with E-state index in [9.17, 15) is 0 Å². The first kappa shape index (κ1) is 15.2. The van der Waals surface area contributed by atoms with Crippen LogP contribution in [0.5, 0.6) is 11.5 Å². The van der Waals surface area contributed by atoms with E-state index in [2.05, 4.69) is 27.3 Å². The van der Waals surface area contributed by atoms with Gasteiger partial charge in [0.25, 0.3) is 0 Å². The van der Waals surface area contributed by atoms with Crippen molar-refractivity contribution in [3.63, 3.8) is 0 Å². The van der Waals surface area contributed by atoms with Crippen molar-refractivity contribution in [1.29, 1.82) is 0 Å². The predicted molar refractivity (Wildman–Crippen MR) is 89.8 cm³/mol. The molecular formula is C15H15BrClNO2S. The third-order valence-electron chi connectivity index (χ3n) is 3.65. The summed E-state index contributed by atoms with van der Waals surface area (Å²) in [7, 11) is 3.63. The minimum atomic E-state index is -0.00384. The zero-order valence-corrected chi connectivity index (χ0v) is 14.8. The Morgan fingerprint density at radius 1 is 1.43 bits per heavy atom. The molecule has 0 radical (unpaired) electrons. The van der Waals surface area contributed by atoms with Crippen LogP contribution in [-0.4, -0.2) is 14.2 Å². The molecular weight excluding hydrogens is 374 g/mol. The second-order valence-corrected chi connectivity index (χ2v) is 7.40. The van der Waals surface area contributed by atoms with Gasteiger partial charge in [0.2, 0.25) is 0 Å². The van der Waals surface area contributed by atoms with Crippen LogP contribution < -0.4 is 14.8 Å². The monoisotopic (exact) mass is 387 g/mol. The highest BCUT2D eigenvalue weighted by atomic mass is 79.9. The van der Waals surface area contributed by atoms with Gasteiger partial charge in [0, 0.05) is 33.4 Å². The molecule has 0 amide bonds. The highest BCUT2D eigenvalue weighted by Crippen LogP contribution is 2.45. The van der Waals surface area contributed by atoms with Gasteiger partial charge in [-0.15, -0.1) is 11.3 Å². The normalized spacial score (nSPS) is 20.8. The quantitative estimate of drug-likeness (QED) is 0.806. The molecule has 0 spiro atoms. The summed E-state index contributed by atoms with van der Waals surface area (Å²) in [5, 5.41) is 3.36. The van der Waals surface area contributed by atoms with E-state index >= 15 is 0 Å². The Kier molecular flexibility index (Phi) is 4.45. The van der Waals surface area contributed by atoms with Gasteiger partial charge in [-0.25, -0.2) is 0 Å². The Labute approximate surface area is 141 Å². The zero-order valence-electron chi connectivity index (χ0n) is 11.7. The molecule has 21 heavy (non-hydrogen) atoms. The SMILES string of the molecule is CNC1CC(c2cc(Br)c(Cl)s2)Oc2cc(OC)ccc21. The fourth-order valence-corrected chi connectivity index (χ4v) is 4.32. The maximum atomic E-state index is 6.17. The van der Waals surface area contributed by atoms with E-state index < -0.39 is 0 Å². The van der Waals surface area contributed by atoms with Crippen LogP contribution in [0.2, 0.25) is 4.34 Å². The van der Waals surface area contributed by atoms with Crippen molar-refractivity contribution in [2.75, 3.05) is 14.2 Å². The Morgan fingerprint density at radius 3 is 2.86 bits per heavy atom. The summed E-state index contributed by atoms with van der Waals surface area (Å²) in [6.07, 6.45) is 0.870. The number of ether oxygens (including phenoxy) is 2. The first-order valence-electron chi connectivity index (χ1n) is 6.59. The molecule has 0 saturated carbocycles. The average molecular weight is 389 g/mol. The minimum absolute atomic E-state index is 0.00384. The summed E-state index contributed by atoms with van der Waals surface area (Å²) in [4.78, 5) is 1.13. The Balaban J connectivity index is 1.96. The predicted octanol–water partition coefficient (Wildman–Crippen LogP) is 4.96. The second-order valence-electron chi connectivity index (χ2n) is 4.86. The molecule has 2 heterocycles. The van der Waals surface area contributed by atoms with Gasteiger partial charge in [0.1, 0.15) is 21.9 Å². The van der Waals surface area contributed by atoms with Crippen molar-refractivity contribution in [3.05, 3.63) is 43.5 Å². The lowest BCUT2D eigenvalue weighted by Crippen LogP contribution is -2.26. The molecule has 1 aliphatic rings. The molecule has 2 aromatic rings. The first-order valence-corrected chi connectivity index (χ1v) is 8.57. The largest absolute Gasteiger partial charge is 0.497 e. The van der Waals surface area contributed by atoms with Gasteiger partial charge in [0.05, 0.1) is 7.11 Å². The van der Waals surface area contributed by atoms with Crippen molar-refractivity contribution in [3.8, 4) is 11.5 Å². The van der Waals surface area contributed by atoms with Crippen molar-refractivity contribution in [1.82, 2.24) is 5.32 Å². The summed E-state index contributed by atoms with van der Waals surface area (Å²) in [6.45, 7) is 0. The summed E-state index contributed by atoms with van der Waals surface area (Å²) >= 11 is 11.2. The number of rotatable bonds is 3. The van der Waals surface area contributed by atoms with Gasteiger partial charge >= 0.3 is 0 Å². The van der Waals surface area contributed by atoms with Crippen LogP contribution in [0, 0.1) is 0 Å². The van der Waals surface area contributed by atoms with E-state index in [1.807, 2.05) is 25.2 Å². The Hall–Kier alpha value is -0.750. The maximum absolute atomic E-state index is 6.17. The Morgan fingerprint density at radius 2 is 2.24 bits per heavy atom. The van der Waals surface area contributed by atoms with Crippen molar-refractivity contribution in [2.45, 2.75) is 18.6 Å². The number of fused-ring (bicyclic) bond motifs is 1. The van der Waals surface area contributed by atoms with Gasteiger partial charge in [-0.2, -0.15) is 0 Å². The minimum Gasteiger partial charge on any atom is -0.497 e. The second kappa shape index (κ2) is 6.16. The standard InChI is InChI=1S/C15H15BrClNO2S/c1-18-11-7-13(14-6-10(16)15(17)21-14)20-12-5-8(19-2)3-4-9(11)12/h3-6,11,13,18H,7H2,1-2H3. The summed E-state index contributed by atoms with van der Waals surface area (Å²) in [5.41, 5.74) is 1.16. The molecule has 0 bridgehead atoms. The zero-order chi connectivity index (χ0) is 15.0. The molecule has 2 unspecified atom stereocenters. The number of halogens is 2. The van der Waals surface area contributed by atoms with Crippen LogP contribution in [0.15, 0.2) is 28.7 Å². The molecule has 1 aromatic heterocycles. The maximum Gasteiger partial charge on any atom is 0.135 e. The number of hydrogen-bond donors (Lipinski definition) is 1. The average Bonchev–Trinajstić information content (AvgIpc) is 2.85. The number of methoxy groups -OCH3 is 1. The van der Waals surface area contributed by atoms with Crippen LogP contribution in [0.25, 0.3) is 0 Å².